The first-order chi connectivity index (χ1) is 10.4. The van der Waals surface area contributed by atoms with E-state index in [2.05, 4.69) is 59.3 Å². The van der Waals surface area contributed by atoms with Crippen LogP contribution in [-0.4, -0.2) is 6.79 Å². The molecule has 4 aromatic rings. The smallest absolute Gasteiger partial charge is 0.231 e. The van der Waals surface area contributed by atoms with E-state index in [1.807, 2.05) is 6.07 Å². The lowest BCUT2D eigenvalue weighted by molar-refractivity contribution is -0.509. The monoisotopic (exact) mass is 274 g/mol. The summed E-state index contributed by atoms with van der Waals surface area (Å²) < 4.78 is 13.4. The van der Waals surface area contributed by atoms with Gasteiger partial charge in [0.05, 0.1) is 0 Å². The highest BCUT2D eigenvalue weighted by atomic mass is 16.7. The summed E-state index contributed by atoms with van der Waals surface area (Å²) in [5.74, 6) is 1.67. The van der Waals surface area contributed by atoms with Crippen molar-refractivity contribution in [3.05, 3.63) is 60.9 Å². The average Bonchev–Trinajstić information content (AvgIpc) is 3.01. The molecule has 0 N–H and O–H groups in total. The van der Waals surface area contributed by atoms with Crippen LogP contribution in [0.1, 0.15) is 0 Å². The van der Waals surface area contributed by atoms with Gasteiger partial charge in [-0.15, -0.1) is 0 Å². The van der Waals surface area contributed by atoms with Crippen molar-refractivity contribution in [2.45, 2.75) is 0 Å². The lowest BCUT2D eigenvalue weighted by Crippen LogP contribution is -2.20. The number of aromatic nitrogens is 1. The molecule has 100 valence electrons. The summed E-state index contributed by atoms with van der Waals surface area (Å²) in [6, 6.07) is 16.8. The van der Waals surface area contributed by atoms with Gasteiger partial charge in [-0.2, -0.15) is 4.40 Å². The van der Waals surface area contributed by atoms with Gasteiger partial charge in [0.15, 0.2) is 23.9 Å². The van der Waals surface area contributed by atoms with Gasteiger partial charge in [-0.1, -0.05) is 18.2 Å². The quantitative estimate of drug-likeness (QED) is 0.278. The molecule has 0 spiro atoms. The van der Waals surface area contributed by atoms with Crippen LogP contribution < -0.4 is 13.9 Å². The molecule has 0 amide bonds. The van der Waals surface area contributed by atoms with Crippen LogP contribution in [0.2, 0.25) is 0 Å². The summed E-state index contributed by atoms with van der Waals surface area (Å²) in [4.78, 5) is 0. The van der Waals surface area contributed by atoms with Crippen molar-refractivity contribution >= 4 is 27.1 Å². The maximum Gasteiger partial charge on any atom is 0.231 e. The zero-order chi connectivity index (χ0) is 13.8. The molecule has 0 bridgehead atoms. The minimum absolute atomic E-state index is 0.295. The topological polar surface area (TPSA) is 22.6 Å². The Kier molecular flexibility index (Phi) is 2.00. The lowest BCUT2D eigenvalue weighted by Gasteiger charge is -2.04. The molecule has 2 aromatic carbocycles. The van der Waals surface area contributed by atoms with Crippen LogP contribution in [0.25, 0.3) is 27.1 Å². The largest absolute Gasteiger partial charge is 0.454 e. The fourth-order valence-electron chi connectivity index (χ4n) is 3.08. The second-order valence-electron chi connectivity index (χ2n) is 5.27. The van der Waals surface area contributed by atoms with E-state index in [9.17, 15) is 0 Å². The van der Waals surface area contributed by atoms with Gasteiger partial charge in [0.1, 0.15) is 5.39 Å². The highest BCUT2D eigenvalue weighted by Gasteiger charge is 2.21. The Morgan fingerprint density at radius 1 is 0.857 bits per heavy atom. The van der Waals surface area contributed by atoms with Crippen molar-refractivity contribution in [3.63, 3.8) is 0 Å². The Balaban J connectivity index is 2.03. The van der Waals surface area contributed by atoms with E-state index in [-0.39, 0.29) is 0 Å². The van der Waals surface area contributed by atoms with Crippen LogP contribution in [0.15, 0.2) is 60.9 Å². The molecule has 0 unspecified atom stereocenters. The maximum atomic E-state index is 5.70. The van der Waals surface area contributed by atoms with E-state index in [1.54, 1.807) is 0 Å². The minimum Gasteiger partial charge on any atom is -0.454 e. The number of fused-ring (bicyclic) bond motifs is 6. The second-order valence-corrected chi connectivity index (χ2v) is 5.27. The summed E-state index contributed by atoms with van der Waals surface area (Å²) in [5.41, 5.74) is 1.13. The Bertz CT molecular complexity index is 1020. The van der Waals surface area contributed by atoms with Crippen molar-refractivity contribution in [1.82, 2.24) is 0 Å². The van der Waals surface area contributed by atoms with Crippen LogP contribution in [0.5, 0.6) is 11.5 Å². The Morgan fingerprint density at radius 2 is 1.76 bits per heavy atom. The first kappa shape index (κ1) is 10.9. The minimum atomic E-state index is 0.295. The van der Waals surface area contributed by atoms with E-state index in [4.69, 9.17) is 9.47 Å². The molecular formula is C18H12NO2+. The predicted molar refractivity (Wildman–Crippen MR) is 80.7 cm³/mol. The van der Waals surface area contributed by atoms with Crippen molar-refractivity contribution in [2.75, 3.05) is 6.79 Å². The first-order valence-electron chi connectivity index (χ1n) is 6.95. The van der Waals surface area contributed by atoms with E-state index >= 15 is 0 Å². The van der Waals surface area contributed by atoms with Gasteiger partial charge in [-0.3, -0.25) is 0 Å². The number of rotatable bonds is 0. The van der Waals surface area contributed by atoms with Crippen LogP contribution in [0.3, 0.4) is 0 Å². The number of hydrogen-bond acceptors (Lipinski definition) is 2. The molecule has 0 aliphatic carbocycles. The van der Waals surface area contributed by atoms with Gasteiger partial charge < -0.3 is 9.47 Å². The van der Waals surface area contributed by atoms with Crippen molar-refractivity contribution in [1.29, 1.82) is 0 Å². The van der Waals surface area contributed by atoms with Crippen molar-refractivity contribution in [2.24, 2.45) is 0 Å². The molecule has 0 fully saturated rings. The number of ether oxygens (including phenoxy) is 2. The van der Waals surface area contributed by atoms with E-state index in [0.29, 0.717) is 6.79 Å². The van der Waals surface area contributed by atoms with Gasteiger partial charge in [0, 0.05) is 17.5 Å². The molecule has 0 saturated carbocycles. The van der Waals surface area contributed by atoms with Crippen molar-refractivity contribution in [3.8, 4) is 11.5 Å². The van der Waals surface area contributed by atoms with Gasteiger partial charge in [0.2, 0.25) is 12.3 Å². The van der Waals surface area contributed by atoms with Gasteiger partial charge in [-0.25, -0.2) is 0 Å². The molecule has 1 aliphatic rings. The van der Waals surface area contributed by atoms with E-state index in [1.165, 1.54) is 10.8 Å². The Labute approximate surface area is 121 Å². The molecule has 2 aromatic heterocycles. The molecule has 5 rings (SSSR count). The maximum absolute atomic E-state index is 5.70. The zero-order valence-corrected chi connectivity index (χ0v) is 11.2. The molecule has 3 nitrogen and oxygen atoms in total. The van der Waals surface area contributed by atoms with Gasteiger partial charge >= 0.3 is 0 Å². The van der Waals surface area contributed by atoms with Crippen LogP contribution >= 0.6 is 0 Å². The normalized spacial score (nSPS) is 13.3. The highest BCUT2D eigenvalue weighted by molar-refractivity contribution is 6.02. The Hall–Kier alpha value is -2.81. The number of pyridine rings is 2. The lowest BCUT2D eigenvalue weighted by atomic mass is 10.1. The van der Waals surface area contributed by atoms with Gasteiger partial charge in [0.25, 0.3) is 0 Å². The Morgan fingerprint density at radius 3 is 2.71 bits per heavy atom. The third kappa shape index (κ3) is 1.46. The molecule has 21 heavy (non-hydrogen) atoms. The van der Waals surface area contributed by atoms with Crippen LogP contribution in [0, 0.1) is 0 Å². The van der Waals surface area contributed by atoms with Crippen LogP contribution in [-0.2, 0) is 0 Å². The molecule has 3 heteroatoms. The summed E-state index contributed by atoms with van der Waals surface area (Å²) in [7, 11) is 0. The molecular weight excluding hydrogens is 262 g/mol. The summed E-state index contributed by atoms with van der Waals surface area (Å²) in [6.45, 7) is 0.295. The number of benzene rings is 2. The standard InChI is InChI=1S/C18H12NO2/c1-2-4-14-10-19-8-7-12-5-6-16-18(21-11-20-16)17(12)15(19)9-13(14)3-1/h1-10H,11H2/q+1. The predicted octanol–water partition coefficient (Wildman–Crippen LogP) is 3.46. The first-order valence-corrected chi connectivity index (χ1v) is 6.95. The second kappa shape index (κ2) is 3.85. The van der Waals surface area contributed by atoms with Crippen molar-refractivity contribution < 1.29 is 13.9 Å². The molecule has 0 saturated heterocycles. The molecule has 0 atom stereocenters. The van der Waals surface area contributed by atoms with E-state index in [0.717, 1.165) is 27.8 Å². The molecule has 3 heterocycles. The SMILES string of the molecule is c1ccc2c[n+]3ccc4ccc5c(c4c3cc2c1)OCO5. The average molecular weight is 274 g/mol. The fourth-order valence-corrected chi connectivity index (χ4v) is 3.08. The number of nitrogens with zero attached hydrogens (tertiary/aromatic N) is 1. The van der Waals surface area contributed by atoms with Crippen LogP contribution in [0.4, 0.5) is 0 Å². The molecule has 0 radical (unpaired) electrons. The third-order valence-electron chi connectivity index (χ3n) is 4.09. The number of hydrogen-bond donors (Lipinski definition) is 0. The highest BCUT2D eigenvalue weighted by Crippen LogP contribution is 2.40. The summed E-state index contributed by atoms with van der Waals surface area (Å²) >= 11 is 0. The summed E-state index contributed by atoms with van der Waals surface area (Å²) in [6.07, 6.45) is 4.24. The van der Waals surface area contributed by atoms with Gasteiger partial charge in [-0.05, 0) is 29.0 Å². The third-order valence-corrected chi connectivity index (χ3v) is 4.09. The molecule has 1 aliphatic heterocycles. The fraction of sp³-hybridized carbons (Fsp3) is 0.0556. The summed E-state index contributed by atoms with van der Waals surface area (Å²) in [5, 5.41) is 4.72. The zero-order valence-electron chi connectivity index (χ0n) is 11.2. The van der Waals surface area contributed by atoms with E-state index < -0.39 is 0 Å².